The minimum atomic E-state index is -3.77. The van der Waals surface area contributed by atoms with E-state index < -0.39 is 9.84 Å². The van der Waals surface area contributed by atoms with Crippen LogP contribution in [0.2, 0.25) is 0 Å². The highest BCUT2D eigenvalue weighted by Gasteiger charge is 2.24. The second-order valence-electron chi connectivity index (χ2n) is 4.60. The molecule has 0 saturated carbocycles. The zero-order chi connectivity index (χ0) is 15.0. The van der Waals surface area contributed by atoms with Crippen LogP contribution in [0.15, 0.2) is 74.9 Å². The predicted octanol–water partition coefficient (Wildman–Crippen LogP) is 4.14. The molecular formula is C16H11BrO3S. The van der Waals surface area contributed by atoms with Crippen molar-refractivity contribution in [2.45, 2.75) is 9.79 Å². The van der Waals surface area contributed by atoms with E-state index in [9.17, 15) is 13.5 Å². The van der Waals surface area contributed by atoms with Gasteiger partial charge in [0.25, 0.3) is 0 Å². The fourth-order valence-corrected chi connectivity index (χ4v) is 4.21. The molecule has 0 radical (unpaired) electrons. The van der Waals surface area contributed by atoms with Gasteiger partial charge in [-0.1, -0.05) is 46.3 Å². The standard InChI is InChI=1S/C16H11BrO3S/c17-12-7-8-14-11(10-12)6-9-15(18)16(14)21(19,20)13-4-2-1-3-5-13/h1-10,18H. The van der Waals surface area contributed by atoms with Gasteiger partial charge in [0, 0.05) is 9.86 Å². The highest BCUT2D eigenvalue weighted by molar-refractivity contribution is 9.10. The van der Waals surface area contributed by atoms with Gasteiger partial charge in [0.1, 0.15) is 10.6 Å². The van der Waals surface area contributed by atoms with Crippen LogP contribution in [-0.2, 0) is 9.84 Å². The van der Waals surface area contributed by atoms with Gasteiger partial charge in [-0.05, 0) is 35.7 Å². The zero-order valence-electron chi connectivity index (χ0n) is 10.8. The third kappa shape index (κ3) is 2.43. The van der Waals surface area contributed by atoms with Crippen molar-refractivity contribution < 1.29 is 13.5 Å². The summed E-state index contributed by atoms with van der Waals surface area (Å²) in [7, 11) is -3.77. The Balaban J connectivity index is 2.37. The van der Waals surface area contributed by atoms with Gasteiger partial charge >= 0.3 is 0 Å². The van der Waals surface area contributed by atoms with Gasteiger partial charge in [-0.2, -0.15) is 0 Å². The predicted molar refractivity (Wildman–Crippen MR) is 85.2 cm³/mol. The minimum Gasteiger partial charge on any atom is -0.507 e. The third-order valence-corrected chi connectivity index (χ3v) is 5.59. The first-order valence-electron chi connectivity index (χ1n) is 6.21. The number of aromatic hydroxyl groups is 1. The van der Waals surface area contributed by atoms with Gasteiger partial charge < -0.3 is 5.11 Å². The van der Waals surface area contributed by atoms with Gasteiger partial charge in [0.05, 0.1) is 4.90 Å². The van der Waals surface area contributed by atoms with Crippen LogP contribution in [0.1, 0.15) is 0 Å². The molecule has 0 saturated heterocycles. The molecule has 3 aromatic rings. The Morgan fingerprint density at radius 3 is 2.33 bits per heavy atom. The molecule has 0 amide bonds. The van der Waals surface area contributed by atoms with Crippen molar-refractivity contribution in [1.82, 2.24) is 0 Å². The van der Waals surface area contributed by atoms with Crippen LogP contribution in [0, 0.1) is 0 Å². The lowest BCUT2D eigenvalue weighted by Gasteiger charge is -2.10. The fourth-order valence-electron chi connectivity index (χ4n) is 2.26. The SMILES string of the molecule is O=S(=O)(c1ccccc1)c1c(O)ccc2cc(Br)ccc12. The smallest absolute Gasteiger partial charge is 0.210 e. The van der Waals surface area contributed by atoms with Gasteiger partial charge in [-0.15, -0.1) is 0 Å². The summed E-state index contributed by atoms with van der Waals surface area (Å²) >= 11 is 3.36. The number of halogens is 1. The third-order valence-electron chi connectivity index (χ3n) is 3.23. The van der Waals surface area contributed by atoms with Crippen LogP contribution in [0.4, 0.5) is 0 Å². The number of benzene rings is 3. The van der Waals surface area contributed by atoms with Crippen LogP contribution in [-0.4, -0.2) is 13.5 Å². The summed E-state index contributed by atoms with van der Waals surface area (Å²) in [6, 6.07) is 16.5. The van der Waals surface area contributed by atoms with E-state index in [4.69, 9.17) is 0 Å². The number of fused-ring (bicyclic) bond motifs is 1. The van der Waals surface area contributed by atoms with E-state index >= 15 is 0 Å². The van der Waals surface area contributed by atoms with E-state index in [0.717, 1.165) is 9.86 Å². The van der Waals surface area contributed by atoms with Gasteiger partial charge in [-0.25, -0.2) is 8.42 Å². The zero-order valence-corrected chi connectivity index (χ0v) is 13.2. The maximum atomic E-state index is 12.8. The van der Waals surface area contributed by atoms with E-state index in [2.05, 4.69) is 15.9 Å². The van der Waals surface area contributed by atoms with Gasteiger partial charge in [-0.3, -0.25) is 0 Å². The molecule has 0 aliphatic carbocycles. The molecule has 0 fully saturated rings. The number of hydrogen-bond donors (Lipinski definition) is 1. The Labute approximate surface area is 130 Å². The molecule has 0 bridgehead atoms. The van der Waals surface area contributed by atoms with Gasteiger partial charge in [0.15, 0.2) is 0 Å². The summed E-state index contributed by atoms with van der Waals surface area (Å²) in [5.74, 6) is -0.242. The molecule has 0 aromatic heterocycles. The number of rotatable bonds is 2. The molecule has 3 nitrogen and oxygen atoms in total. The van der Waals surface area contributed by atoms with E-state index in [0.29, 0.717) is 5.39 Å². The van der Waals surface area contributed by atoms with E-state index in [1.165, 1.54) is 18.2 Å². The Morgan fingerprint density at radius 1 is 0.905 bits per heavy atom. The molecule has 0 aliphatic heterocycles. The first-order valence-corrected chi connectivity index (χ1v) is 8.49. The van der Waals surface area contributed by atoms with E-state index in [-0.39, 0.29) is 15.5 Å². The molecular weight excluding hydrogens is 352 g/mol. The second-order valence-corrected chi connectivity index (χ2v) is 7.40. The molecule has 5 heteroatoms. The average molecular weight is 363 g/mol. The van der Waals surface area contributed by atoms with E-state index in [1.807, 2.05) is 6.07 Å². The molecule has 0 aliphatic rings. The summed E-state index contributed by atoms with van der Waals surface area (Å²) < 4.78 is 26.4. The highest BCUT2D eigenvalue weighted by Crippen LogP contribution is 2.36. The quantitative estimate of drug-likeness (QED) is 0.745. The monoisotopic (exact) mass is 362 g/mol. The Bertz CT molecular complexity index is 919. The molecule has 0 spiro atoms. The molecule has 0 atom stereocenters. The largest absolute Gasteiger partial charge is 0.507 e. The average Bonchev–Trinajstić information content (AvgIpc) is 2.48. The Morgan fingerprint density at radius 2 is 1.62 bits per heavy atom. The summed E-state index contributed by atoms with van der Waals surface area (Å²) in [4.78, 5) is 0.106. The van der Waals surface area contributed by atoms with Crippen molar-refractivity contribution in [3.8, 4) is 5.75 Å². The van der Waals surface area contributed by atoms with Crippen LogP contribution in [0.3, 0.4) is 0 Å². The van der Waals surface area contributed by atoms with Crippen LogP contribution < -0.4 is 0 Å². The normalized spacial score (nSPS) is 11.7. The molecule has 21 heavy (non-hydrogen) atoms. The second kappa shape index (κ2) is 5.16. The first kappa shape index (κ1) is 14.1. The number of phenols is 1. The number of sulfone groups is 1. The minimum absolute atomic E-state index is 0.0568. The Kier molecular flexibility index (Phi) is 3.47. The van der Waals surface area contributed by atoms with Crippen molar-refractivity contribution in [3.63, 3.8) is 0 Å². The molecule has 106 valence electrons. The van der Waals surface area contributed by atoms with Crippen molar-refractivity contribution in [2.24, 2.45) is 0 Å². The highest BCUT2D eigenvalue weighted by atomic mass is 79.9. The molecule has 0 unspecified atom stereocenters. The van der Waals surface area contributed by atoms with E-state index in [1.54, 1.807) is 36.4 Å². The lowest BCUT2D eigenvalue weighted by atomic mass is 10.1. The molecule has 3 aromatic carbocycles. The van der Waals surface area contributed by atoms with Crippen molar-refractivity contribution in [1.29, 1.82) is 0 Å². The van der Waals surface area contributed by atoms with Gasteiger partial charge in [0.2, 0.25) is 9.84 Å². The van der Waals surface area contributed by atoms with Crippen LogP contribution in [0.25, 0.3) is 10.8 Å². The molecule has 1 N–H and O–H groups in total. The van der Waals surface area contributed by atoms with Crippen molar-refractivity contribution in [3.05, 3.63) is 65.1 Å². The summed E-state index contributed by atoms with van der Waals surface area (Å²) in [6.45, 7) is 0. The maximum Gasteiger partial charge on any atom is 0.210 e. The number of phenolic OH excluding ortho intramolecular Hbond substituents is 1. The summed E-state index contributed by atoms with van der Waals surface area (Å²) in [6.07, 6.45) is 0. The van der Waals surface area contributed by atoms with Crippen LogP contribution >= 0.6 is 15.9 Å². The number of hydrogen-bond acceptors (Lipinski definition) is 3. The maximum absolute atomic E-state index is 12.8. The van der Waals surface area contributed by atoms with Crippen molar-refractivity contribution in [2.75, 3.05) is 0 Å². The fraction of sp³-hybridized carbons (Fsp3) is 0. The summed E-state index contributed by atoms with van der Waals surface area (Å²) in [5.41, 5.74) is 0. The topological polar surface area (TPSA) is 54.4 Å². The molecule has 3 rings (SSSR count). The van der Waals surface area contributed by atoms with Crippen molar-refractivity contribution >= 4 is 36.5 Å². The summed E-state index contributed by atoms with van der Waals surface area (Å²) in [5, 5.41) is 11.3. The first-order chi connectivity index (χ1) is 10.00. The lowest BCUT2D eigenvalue weighted by molar-refractivity contribution is 0.460. The lowest BCUT2D eigenvalue weighted by Crippen LogP contribution is -2.03. The Hall–Kier alpha value is -1.85. The molecule has 0 heterocycles. The van der Waals surface area contributed by atoms with Crippen LogP contribution in [0.5, 0.6) is 5.75 Å².